The van der Waals surface area contributed by atoms with Crippen molar-refractivity contribution in [2.75, 3.05) is 5.75 Å². The molecule has 0 amide bonds. The third kappa shape index (κ3) is 2.12. The molecule has 3 aromatic rings. The smallest absolute Gasteiger partial charge is 0.271 e. The molecule has 0 N–H and O–H groups in total. The number of hydrogen-bond donors (Lipinski definition) is 0. The van der Waals surface area contributed by atoms with Crippen LogP contribution in [0.5, 0.6) is 0 Å². The third-order valence-corrected chi connectivity index (χ3v) is 6.27. The van der Waals surface area contributed by atoms with Crippen molar-refractivity contribution in [3.63, 3.8) is 0 Å². The minimum absolute atomic E-state index is 0.0903. The van der Waals surface area contributed by atoms with Gasteiger partial charge in [-0.05, 0) is 29.5 Å². The average molecular weight is 314 g/mol. The van der Waals surface area contributed by atoms with Crippen LogP contribution in [0.2, 0.25) is 0 Å². The normalized spacial score (nSPS) is 17.3. The van der Waals surface area contributed by atoms with Crippen molar-refractivity contribution in [2.24, 2.45) is 0 Å². The van der Waals surface area contributed by atoms with E-state index in [1.165, 1.54) is 21.8 Å². The van der Waals surface area contributed by atoms with Gasteiger partial charge in [-0.2, -0.15) is 0 Å². The first-order valence-electron chi connectivity index (χ1n) is 6.89. The van der Waals surface area contributed by atoms with E-state index in [-0.39, 0.29) is 5.56 Å². The first kappa shape index (κ1) is 13.1. The highest BCUT2D eigenvalue weighted by atomic mass is 32.2. The highest BCUT2D eigenvalue weighted by Gasteiger charge is 2.23. The minimum Gasteiger partial charge on any atom is -0.297 e. The summed E-state index contributed by atoms with van der Waals surface area (Å²) in [5, 5.41) is 2.00. The number of aryl methyl sites for hydroxylation is 1. The van der Waals surface area contributed by atoms with E-state index in [1.54, 1.807) is 10.9 Å². The Balaban J connectivity index is 1.73. The third-order valence-electron chi connectivity index (χ3n) is 3.94. The van der Waals surface area contributed by atoms with Crippen LogP contribution in [0, 0.1) is 6.92 Å². The Morgan fingerprint density at radius 1 is 1.38 bits per heavy atom. The molecule has 1 aliphatic rings. The highest BCUT2D eigenvalue weighted by Crippen LogP contribution is 2.39. The van der Waals surface area contributed by atoms with Gasteiger partial charge in [-0.1, -0.05) is 18.2 Å². The zero-order chi connectivity index (χ0) is 14.4. The van der Waals surface area contributed by atoms with Crippen molar-refractivity contribution in [1.82, 2.24) is 9.55 Å². The van der Waals surface area contributed by atoms with Gasteiger partial charge in [0.1, 0.15) is 4.70 Å². The molecule has 106 valence electrons. The largest absolute Gasteiger partial charge is 0.297 e. The van der Waals surface area contributed by atoms with Crippen LogP contribution in [0.1, 0.15) is 17.0 Å². The van der Waals surface area contributed by atoms with Crippen LogP contribution in [0.25, 0.3) is 10.2 Å². The first-order valence-corrected chi connectivity index (χ1v) is 8.75. The number of thiophene rings is 1. The monoisotopic (exact) mass is 314 g/mol. The maximum atomic E-state index is 12.6. The molecule has 3 heterocycles. The van der Waals surface area contributed by atoms with Gasteiger partial charge in [0.2, 0.25) is 0 Å². The average Bonchev–Trinajstić information content (AvgIpc) is 3.07. The highest BCUT2D eigenvalue weighted by molar-refractivity contribution is 7.99. The summed E-state index contributed by atoms with van der Waals surface area (Å²) in [6.07, 6.45) is 1.70. The molecule has 0 bridgehead atoms. The van der Waals surface area contributed by atoms with Crippen LogP contribution in [-0.4, -0.2) is 15.3 Å². The van der Waals surface area contributed by atoms with Gasteiger partial charge in [0.15, 0.2) is 0 Å². The zero-order valence-electron chi connectivity index (χ0n) is 11.6. The van der Waals surface area contributed by atoms with Crippen LogP contribution in [0.4, 0.5) is 0 Å². The molecule has 0 aliphatic carbocycles. The number of thioether (sulfide) groups is 1. The summed E-state index contributed by atoms with van der Waals surface area (Å²) in [5.74, 6) is 1.43. The summed E-state index contributed by atoms with van der Waals surface area (Å²) in [6.45, 7) is 2.71. The van der Waals surface area contributed by atoms with Crippen molar-refractivity contribution in [2.45, 2.75) is 24.3 Å². The lowest BCUT2D eigenvalue weighted by Gasteiger charge is -2.12. The van der Waals surface area contributed by atoms with Gasteiger partial charge >= 0.3 is 0 Å². The summed E-state index contributed by atoms with van der Waals surface area (Å²) < 4.78 is 2.54. The standard InChI is InChI=1S/C16H14N2OS2/c1-10-7-21-15-14(10)17-9-18(16(15)19)6-11-8-20-13-5-3-2-4-12(11)13/h2-5,7,9,11H,6,8H2,1H3. The molecule has 0 saturated heterocycles. The molecule has 4 rings (SSSR count). The molecule has 0 spiro atoms. The summed E-state index contributed by atoms with van der Waals surface area (Å²) in [5.41, 5.74) is 3.38. The number of nitrogens with zero attached hydrogens (tertiary/aromatic N) is 2. The Morgan fingerprint density at radius 2 is 2.24 bits per heavy atom. The van der Waals surface area contributed by atoms with Gasteiger partial charge in [0, 0.05) is 23.1 Å². The number of fused-ring (bicyclic) bond motifs is 2. The first-order chi connectivity index (χ1) is 10.2. The second-order valence-electron chi connectivity index (χ2n) is 5.34. The van der Waals surface area contributed by atoms with E-state index in [0.717, 1.165) is 21.5 Å². The molecule has 5 heteroatoms. The van der Waals surface area contributed by atoms with E-state index in [1.807, 2.05) is 24.1 Å². The molecule has 1 aromatic carbocycles. The molecule has 0 saturated carbocycles. The van der Waals surface area contributed by atoms with E-state index < -0.39 is 0 Å². The molecule has 1 atom stereocenters. The minimum atomic E-state index is 0.0903. The van der Waals surface area contributed by atoms with Crippen LogP contribution >= 0.6 is 23.1 Å². The predicted octanol–water partition coefficient (Wildman–Crippen LogP) is 3.66. The fourth-order valence-corrected chi connectivity index (χ4v) is 5.00. The van der Waals surface area contributed by atoms with Gasteiger partial charge in [-0.15, -0.1) is 23.1 Å². The molecule has 3 nitrogen and oxygen atoms in total. The molecule has 0 fully saturated rings. The lowest BCUT2D eigenvalue weighted by atomic mass is 10.0. The number of hydrogen-bond acceptors (Lipinski definition) is 4. The SMILES string of the molecule is Cc1csc2c(=O)n(CC3CSc4ccccc43)cnc12. The van der Waals surface area contributed by atoms with Crippen molar-refractivity contribution in [3.05, 3.63) is 57.5 Å². The van der Waals surface area contributed by atoms with Crippen LogP contribution in [0.15, 0.2) is 45.7 Å². The van der Waals surface area contributed by atoms with E-state index in [0.29, 0.717) is 12.5 Å². The van der Waals surface area contributed by atoms with Crippen molar-refractivity contribution < 1.29 is 0 Å². The number of benzene rings is 1. The molecule has 2 aromatic heterocycles. The second-order valence-corrected chi connectivity index (χ2v) is 7.29. The quantitative estimate of drug-likeness (QED) is 0.724. The van der Waals surface area contributed by atoms with Gasteiger partial charge in [0.25, 0.3) is 5.56 Å². The number of rotatable bonds is 2. The summed E-state index contributed by atoms with van der Waals surface area (Å²) >= 11 is 3.37. The Hall–Kier alpha value is -1.59. The Bertz CT molecular complexity index is 881. The van der Waals surface area contributed by atoms with E-state index in [4.69, 9.17) is 0 Å². The summed E-state index contributed by atoms with van der Waals surface area (Å²) in [7, 11) is 0. The van der Waals surface area contributed by atoms with Crippen molar-refractivity contribution in [3.8, 4) is 0 Å². The maximum absolute atomic E-state index is 12.6. The zero-order valence-corrected chi connectivity index (χ0v) is 13.2. The molecule has 0 radical (unpaired) electrons. The topological polar surface area (TPSA) is 34.9 Å². The van der Waals surface area contributed by atoms with Crippen LogP contribution < -0.4 is 5.56 Å². The summed E-state index contributed by atoms with van der Waals surface area (Å²) in [6, 6.07) is 8.48. The van der Waals surface area contributed by atoms with Gasteiger partial charge in [-0.25, -0.2) is 4.98 Å². The van der Waals surface area contributed by atoms with E-state index in [9.17, 15) is 4.79 Å². The predicted molar refractivity (Wildman–Crippen MR) is 88.5 cm³/mol. The van der Waals surface area contributed by atoms with Crippen molar-refractivity contribution in [1.29, 1.82) is 0 Å². The Labute approximate surface area is 130 Å². The fourth-order valence-electron chi connectivity index (χ4n) is 2.81. The van der Waals surface area contributed by atoms with E-state index >= 15 is 0 Å². The lowest BCUT2D eigenvalue weighted by molar-refractivity contribution is 0.584. The van der Waals surface area contributed by atoms with Gasteiger partial charge < -0.3 is 0 Å². The van der Waals surface area contributed by atoms with Crippen LogP contribution in [0.3, 0.4) is 0 Å². The van der Waals surface area contributed by atoms with E-state index in [2.05, 4.69) is 29.2 Å². The summed E-state index contributed by atoms with van der Waals surface area (Å²) in [4.78, 5) is 18.4. The molecule has 1 aliphatic heterocycles. The second kappa shape index (κ2) is 5.00. The molecular formula is C16H14N2OS2. The molecular weight excluding hydrogens is 300 g/mol. The molecule has 1 unspecified atom stereocenters. The van der Waals surface area contributed by atoms with Gasteiger partial charge in [0.05, 0.1) is 11.8 Å². The maximum Gasteiger partial charge on any atom is 0.271 e. The Kier molecular flexibility index (Phi) is 3.12. The number of aromatic nitrogens is 2. The van der Waals surface area contributed by atoms with Crippen molar-refractivity contribution >= 4 is 33.3 Å². The molecule has 21 heavy (non-hydrogen) atoms. The fraction of sp³-hybridized carbons (Fsp3) is 0.250. The Morgan fingerprint density at radius 3 is 3.14 bits per heavy atom. The van der Waals surface area contributed by atoms with Crippen LogP contribution in [-0.2, 0) is 6.54 Å². The lowest BCUT2D eigenvalue weighted by Crippen LogP contribution is -2.23. The van der Waals surface area contributed by atoms with Gasteiger partial charge in [-0.3, -0.25) is 9.36 Å².